The number of methoxy groups -OCH3 is 1. The van der Waals surface area contributed by atoms with Crippen molar-refractivity contribution in [3.8, 4) is 11.1 Å². The topological polar surface area (TPSA) is 27.7 Å². The molecule has 40 heavy (non-hydrogen) atoms. The molecule has 0 amide bonds. The van der Waals surface area contributed by atoms with Crippen molar-refractivity contribution in [2.45, 2.75) is 31.2 Å². The van der Waals surface area contributed by atoms with E-state index in [0.29, 0.717) is 12.1 Å². The van der Waals surface area contributed by atoms with Crippen molar-refractivity contribution < 1.29 is 53.7 Å². The molecule has 12 heteroatoms. The largest absolute Gasteiger partial charge is 0.389 e. The third kappa shape index (κ3) is 6.34. The van der Waals surface area contributed by atoms with Crippen LogP contribution >= 0.6 is 0 Å². The SMILES string of the molecule is COC/C(F)=C(\F)c1ccc(-c2cc(F)c(C(F)(F)OC3CCC(c4cc(F)c(F)c(F)c4)OC3)c(F)c2)cc1. The number of benzene rings is 3. The van der Waals surface area contributed by atoms with Crippen molar-refractivity contribution in [2.24, 2.45) is 0 Å². The van der Waals surface area contributed by atoms with Crippen LogP contribution < -0.4 is 0 Å². The molecule has 0 radical (unpaired) electrons. The number of halogens is 9. The fraction of sp³-hybridized carbons (Fsp3) is 0.286. The number of rotatable bonds is 8. The monoisotopic (exact) mass is 576 g/mol. The van der Waals surface area contributed by atoms with Gasteiger partial charge in [0.2, 0.25) is 0 Å². The van der Waals surface area contributed by atoms with Crippen LogP contribution in [0.5, 0.6) is 0 Å². The van der Waals surface area contributed by atoms with Crippen molar-refractivity contribution in [3.05, 3.63) is 100 Å². The van der Waals surface area contributed by atoms with Gasteiger partial charge in [0.15, 0.2) is 29.1 Å². The molecule has 3 nitrogen and oxygen atoms in total. The zero-order valence-electron chi connectivity index (χ0n) is 20.7. The fourth-order valence-electron chi connectivity index (χ4n) is 4.29. The Hall–Kier alpha value is -3.35. The summed E-state index contributed by atoms with van der Waals surface area (Å²) in [5, 5.41) is 0. The third-order valence-electron chi connectivity index (χ3n) is 6.24. The zero-order chi connectivity index (χ0) is 29.2. The van der Waals surface area contributed by atoms with Crippen LogP contribution in [0.3, 0.4) is 0 Å². The Morgan fingerprint density at radius 2 is 1.45 bits per heavy atom. The Morgan fingerprint density at radius 3 is 1.98 bits per heavy atom. The van der Waals surface area contributed by atoms with Crippen LogP contribution in [0, 0.1) is 29.1 Å². The molecule has 1 aliphatic heterocycles. The summed E-state index contributed by atoms with van der Waals surface area (Å²) in [4.78, 5) is 0. The van der Waals surface area contributed by atoms with Crippen LogP contribution in [0.2, 0.25) is 0 Å². The second-order valence-corrected chi connectivity index (χ2v) is 9.00. The summed E-state index contributed by atoms with van der Waals surface area (Å²) in [5.41, 5.74) is -1.86. The first-order chi connectivity index (χ1) is 18.9. The average molecular weight is 576 g/mol. The fourth-order valence-corrected chi connectivity index (χ4v) is 4.29. The van der Waals surface area contributed by atoms with Gasteiger partial charge in [-0.05, 0) is 53.8 Å². The highest BCUT2D eigenvalue weighted by Crippen LogP contribution is 2.40. The van der Waals surface area contributed by atoms with Gasteiger partial charge in [-0.3, -0.25) is 0 Å². The van der Waals surface area contributed by atoms with Gasteiger partial charge in [0, 0.05) is 12.7 Å². The van der Waals surface area contributed by atoms with E-state index in [1.54, 1.807) is 0 Å². The molecule has 2 unspecified atom stereocenters. The average Bonchev–Trinajstić information content (AvgIpc) is 2.91. The lowest BCUT2D eigenvalue weighted by Crippen LogP contribution is -2.34. The van der Waals surface area contributed by atoms with Crippen LogP contribution in [0.15, 0.2) is 54.4 Å². The van der Waals surface area contributed by atoms with Crippen LogP contribution in [-0.2, 0) is 20.3 Å². The maximum absolute atomic E-state index is 14.9. The van der Waals surface area contributed by atoms with Gasteiger partial charge in [0.05, 0.1) is 18.8 Å². The molecule has 3 aromatic rings. The second kappa shape index (κ2) is 12.0. The smallest absolute Gasteiger partial charge is 0.377 e. The standard InChI is InChI=1S/C28H21F9O3/c1-38-13-23(33)26(34)15-4-2-14(3-5-15)16-8-19(29)25(20(30)9-16)28(36,37)40-18-6-7-24(39-12-18)17-10-21(31)27(35)22(32)11-17/h2-5,8-11,18,24H,6-7,12-13H2,1H3/b26-23+. The molecule has 3 aromatic carbocycles. The molecule has 2 atom stereocenters. The first-order valence-electron chi connectivity index (χ1n) is 11.9. The molecule has 1 saturated heterocycles. The predicted molar refractivity (Wildman–Crippen MR) is 126 cm³/mol. The number of hydrogen-bond acceptors (Lipinski definition) is 3. The van der Waals surface area contributed by atoms with E-state index in [1.165, 1.54) is 19.2 Å². The van der Waals surface area contributed by atoms with Gasteiger partial charge >= 0.3 is 6.11 Å². The second-order valence-electron chi connectivity index (χ2n) is 9.00. The lowest BCUT2D eigenvalue weighted by Gasteiger charge is -2.32. The van der Waals surface area contributed by atoms with Crippen LogP contribution in [0.25, 0.3) is 17.0 Å². The minimum absolute atomic E-state index is 0.0406. The highest BCUT2D eigenvalue weighted by atomic mass is 19.3. The predicted octanol–water partition coefficient (Wildman–Crippen LogP) is 8.29. The molecule has 214 valence electrons. The van der Waals surface area contributed by atoms with Crippen LogP contribution in [0.1, 0.15) is 35.6 Å². The molecule has 1 aliphatic rings. The Labute approximate surface area is 222 Å². The van der Waals surface area contributed by atoms with E-state index in [2.05, 4.69) is 9.47 Å². The van der Waals surface area contributed by atoms with Crippen molar-refractivity contribution in [1.29, 1.82) is 0 Å². The summed E-state index contributed by atoms with van der Waals surface area (Å²) in [6, 6.07) is 7.50. The van der Waals surface area contributed by atoms with Gasteiger partial charge in [-0.25, -0.2) is 30.7 Å². The molecular weight excluding hydrogens is 555 g/mol. The van der Waals surface area contributed by atoms with E-state index in [-0.39, 0.29) is 35.1 Å². The molecule has 1 heterocycles. The summed E-state index contributed by atoms with van der Waals surface area (Å²) in [5.74, 6) is -10.1. The Balaban J connectivity index is 1.46. The first kappa shape index (κ1) is 29.6. The summed E-state index contributed by atoms with van der Waals surface area (Å²) in [6.07, 6.45) is -6.84. The lowest BCUT2D eigenvalue weighted by atomic mass is 9.99. The van der Waals surface area contributed by atoms with Crippen LogP contribution in [-0.4, -0.2) is 26.4 Å². The summed E-state index contributed by atoms with van der Waals surface area (Å²) in [6.45, 7) is -1.09. The highest BCUT2D eigenvalue weighted by Gasteiger charge is 2.43. The molecule has 0 aromatic heterocycles. The first-order valence-corrected chi connectivity index (χ1v) is 11.9. The van der Waals surface area contributed by atoms with E-state index in [4.69, 9.17) is 4.74 Å². The number of hydrogen-bond donors (Lipinski definition) is 0. The van der Waals surface area contributed by atoms with Crippen molar-refractivity contribution >= 4 is 5.83 Å². The van der Waals surface area contributed by atoms with E-state index in [1.807, 2.05) is 0 Å². The van der Waals surface area contributed by atoms with Gasteiger partial charge in [-0.1, -0.05) is 24.3 Å². The number of ether oxygens (including phenoxy) is 3. The molecule has 0 N–H and O–H groups in total. The van der Waals surface area contributed by atoms with Crippen LogP contribution in [0.4, 0.5) is 39.5 Å². The molecule has 0 spiro atoms. The van der Waals surface area contributed by atoms with Gasteiger partial charge in [-0.15, -0.1) is 0 Å². The van der Waals surface area contributed by atoms with E-state index in [0.717, 1.165) is 24.3 Å². The van der Waals surface area contributed by atoms with Gasteiger partial charge in [0.25, 0.3) is 0 Å². The minimum atomic E-state index is -4.42. The Kier molecular flexibility index (Phi) is 8.91. The van der Waals surface area contributed by atoms with Crippen molar-refractivity contribution in [2.75, 3.05) is 20.3 Å². The lowest BCUT2D eigenvalue weighted by molar-refractivity contribution is -0.291. The summed E-state index contributed by atoms with van der Waals surface area (Å²) >= 11 is 0. The van der Waals surface area contributed by atoms with Gasteiger partial charge in [-0.2, -0.15) is 8.78 Å². The molecule has 0 bridgehead atoms. The molecule has 1 fully saturated rings. The van der Waals surface area contributed by atoms with Crippen molar-refractivity contribution in [3.63, 3.8) is 0 Å². The van der Waals surface area contributed by atoms with Gasteiger partial charge < -0.3 is 14.2 Å². The molecule has 4 rings (SSSR count). The van der Waals surface area contributed by atoms with Gasteiger partial charge in [0.1, 0.15) is 23.8 Å². The highest BCUT2D eigenvalue weighted by molar-refractivity contribution is 5.69. The molecular formula is C28H21F9O3. The quantitative estimate of drug-likeness (QED) is 0.200. The van der Waals surface area contributed by atoms with E-state index in [9.17, 15) is 39.5 Å². The summed E-state index contributed by atoms with van der Waals surface area (Å²) < 4.78 is 142. The van der Waals surface area contributed by atoms with E-state index < -0.39 is 77.8 Å². The molecule has 0 saturated carbocycles. The number of alkyl halides is 2. The minimum Gasteiger partial charge on any atom is -0.377 e. The maximum Gasteiger partial charge on any atom is 0.389 e. The third-order valence-corrected chi connectivity index (χ3v) is 6.24. The normalized spacial score (nSPS) is 18.6. The maximum atomic E-state index is 14.9. The molecule has 0 aliphatic carbocycles. The van der Waals surface area contributed by atoms with Crippen molar-refractivity contribution in [1.82, 2.24) is 0 Å². The Bertz CT molecular complexity index is 1350. The zero-order valence-corrected chi connectivity index (χ0v) is 20.7. The summed E-state index contributed by atoms with van der Waals surface area (Å²) in [7, 11) is 1.18. The Morgan fingerprint density at radius 1 is 0.850 bits per heavy atom. The van der Waals surface area contributed by atoms with E-state index >= 15 is 0 Å².